The van der Waals surface area contributed by atoms with Crippen LogP contribution < -0.4 is 5.32 Å². The van der Waals surface area contributed by atoms with E-state index in [1.165, 1.54) is 0 Å². The van der Waals surface area contributed by atoms with Crippen LogP contribution in [0.25, 0.3) is 0 Å². The van der Waals surface area contributed by atoms with Crippen molar-refractivity contribution in [3.8, 4) is 0 Å². The summed E-state index contributed by atoms with van der Waals surface area (Å²) in [4.78, 5) is -0.00740. The summed E-state index contributed by atoms with van der Waals surface area (Å²) < 4.78 is 39.8. The monoisotopic (exact) mass is 301 g/mol. The first-order valence-electron chi connectivity index (χ1n) is 7.09. The first-order chi connectivity index (χ1) is 9.56. The first-order valence-corrected chi connectivity index (χ1v) is 8.31. The molecule has 112 valence electrons. The lowest BCUT2D eigenvalue weighted by Gasteiger charge is -2.35. The molecule has 1 aromatic carbocycles. The van der Waals surface area contributed by atoms with Gasteiger partial charge in [0.2, 0.25) is 0 Å². The van der Waals surface area contributed by atoms with Gasteiger partial charge < -0.3 is 5.32 Å². The maximum Gasteiger partial charge on any atom is 0.139 e. The fourth-order valence-corrected chi connectivity index (χ4v) is 4.78. The van der Waals surface area contributed by atoms with Crippen LogP contribution in [0, 0.1) is 17.6 Å². The molecule has 4 unspecified atom stereocenters. The van der Waals surface area contributed by atoms with Crippen molar-refractivity contribution in [1.29, 1.82) is 0 Å². The number of hydrogen-bond donors (Lipinski definition) is 1. The molecule has 1 fully saturated rings. The van der Waals surface area contributed by atoms with Crippen molar-refractivity contribution < 1.29 is 13.0 Å². The van der Waals surface area contributed by atoms with Crippen LogP contribution in [0.3, 0.4) is 0 Å². The number of halogens is 2. The molecule has 1 aliphatic carbocycles. The lowest BCUT2D eigenvalue weighted by Crippen LogP contribution is -2.45. The van der Waals surface area contributed by atoms with Crippen LogP contribution in [0.15, 0.2) is 23.1 Å². The Bertz CT molecular complexity index is 495. The standard InChI is InChI=1S/C15H21F2NOS/c1-3-10-4-7-13(18-2)15(8-10)20(19)14-9-11(16)5-6-12(14)17/h5-6,9-10,13,15,18H,3-4,7-8H2,1-2H3. The zero-order chi connectivity index (χ0) is 14.7. The Hall–Kier alpha value is -0.810. The molecule has 0 spiro atoms. The van der Waals surface area contributed by atoms with Gasteiger partial charge in [0, 0.05) is 6.04 Å². The lowest BCUT2D eigenvalue weighted by molar-refractivity contribution is 0.300. The zero-order valence-corrected chi connectivity index (χ0v) is 12.7. The second-order valence-electron chi connectivity index (χ2n) is 5.39. The summed E-state index contributed by atoms with van der Waals surface area (Å²) in [5, 5.41) is 3.02. The van der Waals surface area contributed by atoms with E-state index < -0.39 is 22.4 Å². The molecule has 0 radical (unpaired) electrons. The second-order valence-corrected chi connectivity index (χ2v) is 7.03. The van der Waals surface area contributed by atoms with Crippen LogP contribution in [0.2, 0.25) is 0 Å². The summed E-state index contributed by atoms with van der Waals surface area (Å²) in [7, 11) is 0.315. The Labute approximate surface area is 121 Å². The molecule has 4 atom stereocenters. The highest BCUT2D eigenvalue weighted by molar-refractivity contribution is 7.85. The van der Waals surface area contributed by atoms with E-state index in [1.807, 2.05) is 7.05 Å². The number of nitrogens with one attached hydrogen (secondary N) is 1. The van der Waals surface area contributed by atoms with Crippen LogP contribution in [-0.2, 0) is 10.8 Å². The van der Waals surface area contributed by atoms with Crippen LogP contribution >= 0.6 is 0 Å². The Morgan fingerprint density at radius 2 is 2.10 bits per heavy atom. The normalized spacial score (nSPS) is 28.3. The fraction of sp³-hybridized carbons (Fsp3) is 0.600. The van der Waals surface area contributed by atoms with Crippen LogP contribution in [0.4, 0.5) is 8.78 Å². The molecule has 2 nitrogen and oxygen atoms in total. The van der Waals surface area contributed by atoms with Gasteiger partial charge in [0.05, 0.1) is 20.9 Å². The third kappa shape index (κ3) is 3.26. The molecule has 1 N–H and O–H groups in total. The van der Waals surface area contributed by atoms with E-state index in [0.717, 1.165) is 43.9 Å². The minimum atomic E-state index is -1.52. The molecule has 1 aliphatic rings. The van der Waals surface area contributed by atoms with E-state index in [-0.39, 0.29) is 16.2 Å². The van der Waals surface area contributed by atoms with Gasteiger partial charge in [-0.25, -0.2) is 8.78 Å². The van der Waals surface area contributed by atoms with Gasteiger partial charge in [0.1, 0.15) is 11.6 Å². The summed E-state index contributed by atoms with van der Waals surface area (Å²) in [5.74, 6) is -0.609. The Kier molecular flexibility index (Phi) is 5.27. The molecule has 0 aromatic heterocycles. The lowest BCUT2D eigenvalue weighted by atomic mass is 9.84. The van der Waals surface area contributed by atoms with E-state index in [2.05, 4.69) is 12.2 Å². The average molecular weight is 301 g/mol. The number of rotatable bonds is 4. The Morgan fingerprint density at radius 1 is 1.35 bits per heavy atom. The van der Waals surface area contributed by atoms with Gasteiger partial charge in [-0.1, -0.05) is 13.3 Å². The number of benzene rings is 1. The maximum absolute atomic E-state index is 13.8. The third-order valence-corrected chi connectivity index (χ3v) is 6.05. The Morgan fingerprint density at radius 3 is 2.75 bits per heavy atom. The first kappa shape index (κ1) is 15.6. The molecule has 5 heteroatoms. The summed E-state index contributed by atoms with van der Waals surface area (Å²) >= 11 is 0. The minimum Gasteiger partial charge on any atom is -0.316 e. The zero-order valence-electron chi connectivity index (χ0n) is 11.9. The predicted octanol–water partition coefficient (Wildman–Crippen LogP) is 3.24. The van der Waals surface area contributed by atoms with Crippen LogP contribution in [0.1, 0.15) is 32.6 Å². The predicted molar refractivity (Wildman–Crippen MR) is 77.0 cm³/mol. The highest BCUT2D eigenvalue weighted by Gasteiger charge is 2.34. The van der Waals surface area contributed by atoms with Crippen molar-refractivity contribution >= 4 is 10.8 Å². The number of hydrogen-bond acceptors (Lipinski definition) is 2. The molecule has 2 rings (SSSR count). The van der Waals surface area contributed by atoms with Crippen molar-refractivity contribution in [2.45, 2.75) is 48.8 Å². The summed E-state index contributed by atoms with van der Waals surface area (Å²) in [6.45, 7) is 2.12. The smallest absolute Gasteiger partial charge is 0.139 e. The largest absolute Gasteiger partial charge is 0.316 e. The van der Waals surface area contributed by atoms with Crippen molar-refractivity contribution in [1.82, 2.24) is 5.32 Å². The molecule has 0 aliphatic heterocycles. The van der Waals surface area contributed by atoms with Gasteiger partial charge in [-0.05, 0) is 50.4 Å². The van der Waals surface area contributed by atoms with Crippen LogP contribution in [0.5, 0.6) is 0 Å². The van der Waals surface area contributed by atoms with E-state index >= 15 is 0 Å². The van der Waals surface area contributed by atoms with E-state index in [0.29, 0.717) is 5.92 Å². The summed E-state index contributed by atoms with van der Waals surface area (Å²) in [6.07, 6.45) is 3.87. The minimum absolute atomic E-state index is 0.00740. The summed E-state index contributed by atoms with van der Waals surface area (Å²) in [5.41, 5.74) is 0. The topological polar surface area (TPSA) is 29.1 Å². The second kappa shape index (κ2) is 6.76. The molecule has 0 amide bonds. The molecule has 0 heterocycles. The summed E-state index contributed by atoms with van der Waals surface area (Å²) in [6, 6.07) is 3.27. The highest BCUT2D eigenvalue weighted by atomic mass is 32.2. The van der Waals surface area contributed by atoms with Gasteiger partial charge in [0.15, 0.2) is 0 Å². The molecule has 1 aromatic rings. The highest BCUT2D eigenvalue weighted by Crippen LogP contribution is 2.32. The molecular formula is C15H21F2NOS. The van der Waals surface area contributed by atoms with Gasteiger partial charge in [-0.2, -0.15) is 0 Å². The molecule has 1 saturated carbocycles. The van der Waals surface area contributed by atoms with Crippen LogP contribution in [-0.4, -0.2) is 22.5 Å². The Balaban J connectivity index is 2.26. The molecule has 0 bridgehead atoms. The van der Waals surface area contributed by atoms with Gasteiger partial charge >= 0.3 is 0 Å². The van der Waals surface area contributed by atoms with Crippen molar-refractivity contribution in [2.24, 2.45) is 5.92 Å². The SMILES string of the molecule is CCC1CCC(NC)C(S(=O)c2cc(F)ccc2F)C1. The van der Waals surface area contributed by atoms with Crippen molar-refractivity contribution in [3.63, 3.8) is 0 Å². The van der Waals surface area contributed by atoms with E-state index in [9.17, 15) is 13.0 Å². The van der Waals surface area contributed by atoms with Gasteiger partial charge in [-0.3, -0.25) is 4.21 Å². The molecular weight excluding hydrogens is 280 g/mol. The van der Waals surface area contributed by atoms with E-state index in [1.54, 1.807) is 0 Å². The molecule has 20 heavy (non-hydrogen) atoms. The maximum atomic E-state index is 13.8. The van der Waals surface area contributed by atoms with Gasteiger partial charge in [-0.15, -0.1) is 0 Å². The fourth-order valence-electron chi connectivity index (χ4n) is 2.94. The quantitative estimate of drug-likeness (QED) is 0.925. The average Bonchev–Trinajstić information content (AvgIpc) is 2.48. The van der Waals surface area contributed by atoms with E-state index in [4.69, 9.17) is 0 Å². The van der Waals surface area contributed by atoms with Crippen molar-refractivity contribution in [3.05, 3.63) is 29.8 Å². The third-order valence-electron chi connectivity index (χ3n) is 4.23. The molecule has 0 saturated heterocycles. The van der Waals surface area contributed by atoms with Gasteiger partial charge in [0.25, 0.3) is 0 Å². The van der Waals surface area contributed by atoms with Crippen molar-refractivity contribution in [2.75, 3.05) is 7.05 Å².